The number of carbonyl (C=O) groups is 1. The molecule has 2 N–H and O–H groups in total. The summed E-state index contributed by atoms with van der Waals surface area (Å²) in [5.74, 6) is -1.27. The van der Waals surface area contributed by atoms with Gasteiger partial charge in [0, 0.05) is 4.47 Å². The van der Waals surface area contributed by atoms with Gasteiger partial charge >= 0.3 is 5.97 Å². The van der Waals surface area contributed by atoms with Gasteiger partial charge in [-0.1, -0.05) is 27.5 Å². The monoisotopic (exact) mass is 276 g/mol. The number of carboxylic acids is 1. The highest BCUT2D eigenvalue weighted by molar-refractivity contribution is 9.10. The van der Waals surface area contributed by atoms with E-state index in [9.17, 15) is 4.79 Å². The molecular weight excluding hydrogens is 271 g/mol. The van der Waals surface area contributed by atoms with Crippen LogP contribution in [0, 0.1) is 0 Å². The van der Waals surface area contributed by atoms with Gasteiger partial charge in [-0.25, -0.2) is 4.79 Å². The van der Waals surface area contributed by atoms with Crippen LogP contribution in [0.5, 0.6) is 0 Å². The van der Waals surface area contributed by atoms with Crippen LogP contribution < -0.4 is 5.43 Å². The van der Waals surface area contributed by atoms with E-state index in [1.54, 1.807) is 24.3 Å². The maximum atomic E-state index is 10.3. The molecule has 1 rings (SSSR count). The second kappa shape index (κ2) is 4.97. The molecule has 0 unspecified atom stereocenters. The largest absolute Gasteiger partial charge is 0.476 e. The Morgan fingerprint density at radius 3 is 2.50 bits per heavy atom. The van der Waals surface area contributed by atoms with Crippen LogP contribution in [0.25, 0.3) is 0 Å². The number of aliphatic carboxylic acids is 1. The van der Waals surface area contributed by atoms with Gasteiger partial charge in [0.05, 0.1) is 5.69 Å². The molecule has 0 bridgehead atoms. The fraction of sp³-hybridized carbons (Fsp3) is 0. The van der Waals surface area contributed by atoms with Gasteiger partial charge < -0.3 is 5.11 Å². The third-order valence-corrected chi connectivity index (χ3v) is 2.08. The lowest BCUT2D eigenvalue weighted by Gasteiger charge is -1.99. The normalized spacial score (nSPS) is 11.1. The molecule has 0 aliphatic carbocycles. The molecule has 1 aromatic rings. The Morgan fingerprint density at radius 2 is 2.00 bits per heavy atom. The summed E-state index contributed by atoms with van der Waals surface area (Å²) in [6, 6.07) is 7.07. The zero-order valence-electron chi connectivity index (χ0n) is 6.87. The number of nitrogens with zero attached hydrogens (tertiary/aromatic N) is 1. The maximum absolute atomic E-state index is 10.3. The zero-order chi connectivity index (χ0) is 10.6. The van der Waals surface area contributed by atoms with Gasteiger partial charge in [-0.15, -0.1) is 0 Å². The number of hydrazone groups is 1. The van der Waals surface area contributed by atoms with E-state index in [0.717, 1.165) is 4.47 Å². The summed E-state index contributed by atoms with van der Waals surface area (Å²) in [6.07, 6.45) is 0. The fourth-order valence-corrected chi connectivity index (χ4v) is 0.992. The van der Waals surface area contributed by atoms with Gasteiger partial charge in [-0.05, 0) is 24.3 Å². The Labute approximate surface area is 93.7 Å². The minimum absolute atomic E-state index is 0.507. The molecule has 0 radical (unpaired) electrons. The summed E-state index contributed by atoms with van der Waals surface area (Å²) < 4.78 is 0.927. The third-order valence-electron chi connectivity index (χ3n) is 1.30. The lowest BCUT2D eigenvalue weighted by Crippen LogP contribution is -2.07. The molecule has 74 valence electrons. The fourth-order valence-electron chi connectivity index (χ4n) is 0.686. The molecule has 1 aromatic carbocycles. The molecule has 0 aromatic heterocycles. The van der Waals surface area contributed by atoms with Crippen molar-refractivity contribution in [2.24, 2.45) is 5.10 Å². The van der Waals surface area contributed by atoms with Crippen molar-refractivity contribution < 1.29 is 9.90 Å². The molecular formula is C8H6BrClN2O2. The van der Waals surface area contributed by atoms with E-state index in [-0.39, 0.29) is 0 Å². The Kier molecular flexibility index (Phi) is 3.91. The van der Waals surface area contributed by atoms with Gasteiger partial charge in [0.15, 0.2) is 0 Å². The van der Waals surface area contributed by atoms with E-state index >= 15 is 0 Å². The molecule has 0 heterocycles. The minimum atomic E-state index is -1.27. The third kappa shape index (κ3) is 3.35. The average Bonchev–Trinajstić information content (AvgIpc) is 2.16. The molecule has 6 heteroatoms. The molecule has 0 spiro atoms. The van der Waals surface area contributed by atoms with E-state index in [2.05, 4.69) is 26.5 Å². The van der Waals surface area contributed by atoms with Crippen LogP contribution in [0.1, 0.15) is 0 Å². The quantitative estimate of drug-likeness (QED) is 0.659. The molecule has 0 aliphatic heterocycles. The zero-order valence-corrected chi connectivity index (χ0v) is 9.21. The predicted molar refractivity (Wildman–Crippen MR) is 58.7 cm³/mol. The van der Waals surface area contributed by atoms with Crippen molar-refractivity contribution in [3.8, 4) is 0 Å². The molecule has 14 heavy (non-hydrogen) atoms. The number of anilines is 1. The van der Waals surface area contributed by atoms with Crippen molar-refractivity contribution in [3.63, 3.8) is 0 Å². The summed E-state index contributed by atoms with van der Waals surface area (Å²) in [7, 11) is 0. The topological polar surface area (TPSA) is 61.7 Å². The van der Waals surface area contributed by atoms with Crippen LogP contribution in [0.15, 0.2) is 33.8 Å². The van der Waals surface area contributed by atoms with Gasteiger partial charge in [0.1, 0.15) is 0 Å². The average molecular weight is 278 g/mol. The molecule has 4 nitrogen and oxygen atoms in total. The number of halogens is 2. The van der Waals surface area contributed by atoms with Crippen molar-refractivity contribution in [3.05, 3.63) is 28.7 Å². The van der Waals surface area contributed by atoms with Crippen LogP contribution in [0.4, 0.5) is 5.69 Å². The first kappa shape index (κ1) is 11.0. The molecule has 0 fully saturated rings. The van der Waals surface area contributed by atoms with Crippen LogP contribution in [0.2, 0.25) is 0 Å². The highest BCUT2D eigenvalue weighted by Gasteiger charge is 2.03. The molecule has 0 saturated heterocycles. The van der Waals surface area contributed by atoms with Gasteiger partial charge in [-0.3, -0.25) is 5.43 Å². The molecule has 0 saturated carbocycles. The highest BCUT2D eigenvalue weighted by Crippen LogP contribution is 2.13. The second-order valence-electron chi connectivity index (χ2n) is 2.33. The van der Waals surface area contributed by atoms with Gasteiger partial charge in [0.25, 0.3) is 0 Å². The van der Waals surface area contributed by atoms with Crippen LogP contribution in [0.3, 0.4) is 0 Å². The summed E-state index contributed by atoms with van der Waals surface area (Å²) >= 11 is 8.54. The molecule has 0 aliphatic rings. The number of hydrogen-bond donors (Lipinski definition) is 2. The number of rotatable bonds is 3. The first-order valence-electron chi connectivity index (χ1n) is 3.57. The SMILES string of the molecule is O=C(O)C(Cl)=NNc1ccc(Br)cc1. The summed E-state index contributed by atoms with van der Waals surface area (Å²) in [6.45, 7) is 0. The Bertz CT molecular complexity index is 364. The Hall–Kier alpha value is -1.07. The highest BCUT2D eigenvalue weighted by atomic mass is 79.9. The Morgan fingerprint density at radius 1 is 1.43 bits per heavy atom. The van der Waals surface area contributed by atoms with Crippen molar-refractivity contribution in [1.82, 2.24) is 0 Å². The van der Waals surface area contributed by atoms with E-state index in [0.29, 0.717) is 5.69 Å². The number of carboxylic acid groups (broad SMARTS) is 1. The van der Waals surface area contributed by atoms with Crippen molar-refractivity contribution in [2.45, 2.75) is 0 Å². The number of hydrogen-bond acceptors (Lipinski definition) is 3. The molecule has 0 atom stereocenters. The molecule has 0 amide bonds. The summed E-state index contributed by atoms with van der Waals surface area (Å²) in [5, 5.41) is 11.3. The summed E-state index contributed by atoms with van der Waals surface area (Å²) in [5.41, 5.74) is 3.17. The lowest BCUT2D eigenvalue weighted by atomic mass is 10.3. The van der Waals surface area contributed by atoms with E-state index in [1.807, 2.05) is 0 Å². The Balaban J connectivity index is 2.66. The van der Waals surface area contributed by atoms with Crippen LogP contribution >= 0.6 is 27.5 Å². The standard InChI is InChI=1S/C8H6BrClN2O2/c9-5-1-3-6(4-2-5)11-12-7(10)8(13)14/h1-4,11H,(H,13,14). The van der Waals surface area contributed by atoms with Crippen LogP contribution in [-0.2, 0) is 4.79 Å². The lowest BCUT2D eigenvalue weighted by molar-refractivity contribution is -0.129. The van der Waals surface area contributed by atoms with E-state index < -0.39 is 11.1 Å². The second-order valence-corrected chi connectivity index (χ2v) is 3.60. The van der Waals surface area contributed by atoms with E-state index in [1.165, 1.54) is 0 Å². The van der Waals surface area contributed by atoms with Gasteiger partial charge in [0.2, 0.25) is 5.17 Å². The van der Waals surface area contributed by atoms with Crippen molar-refractivity contribution >= 4 is 44.4 Å². The first-order valence-corrected chi connectivity index (χ1v) is 4.75. The number of benzene rings is 1. The minimum Gasteiger partial charge on any atom is -0.476 e. The summed E-state index contributed by atoms with van der Waals surface area (Å²) in [4.78, 5) is 10.3. The predicted octanol–water partition coefficient (Wildman–Crippen LogP) is 2.50. The van der Waals surface area contributed by atoms with E-state index in [4.69, 9.17) is 16.7 Å². The van der Waals surface area contributed by atoms with Crippen LogP contribution in [-0.4, -0.2) is 16.2 Å². The first-order chi connectivity index (χ1) is 6.59. The van der Waals surface area contributed by atoms with Gasteiger partial charge in [-0.2, -0.15) is 5.10 Å². The smallest absolute Gasteiger partial charge is 0.368 e. The van der Waals surface area contributed by atoms with Crippen molar-refractivity contribution in [1.29, 1.82) is 0 Å². The maximum Gasteiger partial charge on any atom is 0.368 e. The number of nitrogens with one attached hydrogen (secondary N) is 1. The van der Waals surface area contributed by atoms with Crippen molar-refractivity contribution in [2.75, 3.05) is 5.43 Å².